The molecule has 0 aliphatic carbocycles. The highest BCUT2D eigenvalue weighted by atomic mass is 32.1. The van der Waals surface area contributed by atoms with Crippen LogP contribution in [0.25, 0.3) is 11.3 Å². The number of carbonyl (C=O) groups is 2. The molecule has 3 aromatic rings. The molecule has 1 N–H and O–H groups in total. The molecule has 0 radical (unpaired) electrons. The molecular weight excluding hydrogens is 506 g/mol. The summed E-state index contributed by atoms with van der Waals surface area (Å²) >= 11 is 2.92. The number of benzene rings is 1. The summed E-state index contributed by atoms with van der Waals surface area (Å²) in [5.74, 6) is -0.0866. The third kappa shape index (κ3) is 7.93. The van der Waals surface area contributed by atoms with Crippen LogP contribution in [-0.4, -0.2) is 93.2 Å². The van der Waals surface area contributed by atoms with Crippen molar-refractivity contribution >= 4 is 39.6 Å². The molecule has 198 valence electrons. The van der Waals surface area contributed by atoms with Gasteiger partial charge in [0, 0.05) is 49.2 Å². The van der Waals surface area contributed by atoms with Crippen molar-refractivity contribution in [3.05, 3.63) is 57.6 Å². The molecule has 8 nitrogen and oxygen atoms in total. The number of thiophene rings is 1. The molecule has 0 saturated carbocycles. The van der Waals surface area contributed by atoms with E-state index in [1.807, 2.05) is 61.3 Å². The molecule has 1 saturated heterocycles. The Balaban J connectivity index is 1.40. The Bertz CT molecular complexity index is 1130. The van der Waals surface area contributed by atoms with Crippen molar-refractivity contribution in [1.29, 1.82) is 0 Å². The van der Waals surface area contributed by atoms with Crippen molar-refractivity contribution in [2.75, 3.05) is 71.5 Å². The zero-order valence-electron chi connectivity index (χ0n) is 21.5. The quantitative estimate of drug-likeness (QED) is 0.350. The number of nitrogens with one attached hydrogen (secondary N) is 1. The van der Waals surface area contributed by atoms with Crippen LogP contribution in [0.2, 0.25) is 0 Å². The van der Waals surface area contributed by atoms with Gasteiger partial charge in [-0.2, -0.15) is 0 Å². The third-order valence-electron chi connectivity index (χ3n) is 6.17. The number of ether oxygens (including phenoxy) is 1. The second-order valence-electron chi connectivity index (χ2n) is 9.25. The highest BCUT2D eigenvalue weighted by Gasteiger charge is 2.22. The van der Waals surface area contributed by atoms with Gasteiger partial charge < -0.3 is 15.0 Å². The number of hydrogen-bond acceptors (Lipinski definition) is 8. The van der Waals surface area contributed by atoms with Crippen molar-refractivity contribution in [3.8, 4) is 11.3 Å². The van der Waals surface area contributed by atoms with Crippen LogP contribution in [0.15, 0.2) is 47.2 Å². The maximum Gasteiger partial charge on any atom is 0.270 e. The number of aromatic nitrogens is 1. The summed E-state index contributed by atoms with van der Waals surface area (Å²) in [7, 11) is 4.04. The fourth-order valence-electron chi connectivity index (χ4n) is 4.11. The second-order valence-corrected chi connectivity index (χ2v) is 11.0. The van der Waals surface area contributed by atoms with Crippen molar-refractivity contribution in [2.45, 2.75) is 12.8 Å². The summed E-state index contributed by atoms with van der Waals surface area (Å²) in [5.41, 5.74) is 2.35. The number of nitrogens with zero attached hydrogens (tertiary/aromatic N) is 4. The van der Waals surface area contributed by atoms with Gasteiger partial charge in [-0.3, -0.25) is 19.4 Å². The van der Waals surface area contributed by atoms with Gasteiger partial charge >= 0.3 is 0 Å². The maximum absolute atomic E-state index is 13.3. The van der Waals surface area contributed by atoms with Gasteiger partial charge in [-0.15, -0.1) is 22.7 Å². The van der Waals surface area contributed by atoms with E-state index in [0.29, 0.717) is 28.7 Å². The minimum Gasteiger partial charge on any atom is -0.379 e. The summed E-state index contributed by atoms with van der Waals surface area (Å²) in [4.78, 5) is 37.6. The Labute approximate surface area is 226 Å². The summed E-state index contributed by atoms with van der Waals surface area (Å²) in [6.07, 6.45) is 1.77. The normalized spacial score (nSPS) is 14.1. The minimum absolute atomic E-state index is 0.0147. The topological polar surface area (TPSA) is 78.0 Å². The fourth-order valence-corrected chi connectivity index (χ4v) is 5.64. The number of rotatable bonds is 12. The number of morpholine rings is 1. The van der Waals surface area contributed by atoms with Gasteiger partial charge in [0.25, 0.3) is 11.8 Å². The number of thiazole rings is 1. The van der Waals surface area contributed by atoms with Crippen molar-refractivity contribution < 1.29 is 14.3 Å². The van der Waals surface area contributed by atoms with E-state index in [-0.39, 0.29) is 11.8 Å². The zero-order valence-corrected chi connectivity index (χ0v) is 23.2. The van der Waals surface area contributed by atoms with E-state index in [1.165, 1.54) is 22.7 Å². The highest BCUT2D eigenvalue weighted by molar-refractivity contribution is 7.14. The molecule has 1 fully saturated rings. The van der Waals surface area contributed by atoms with Crippen LogP contribution in [0.1, 0.15) is 32.9 Å². The van der Waals surface area contributed by atoms with Gasteiger partial charge in [-0.1, -0.05) is 18.2 Å². The molecule has 1 aliphatic heterocycles. The SMILES string of the molecule is CN(C)CCCNC(=O)c1ccc(-c2csc(N(CCCN3CCOCC3)C(=O)c3cccs3)n2)cc1. The Morgan fingerprint density at radius 3 is 2.54 bits per heavy atom. The molecule has 1 aliphatic rings. The summed E-state index contributed by atoms with van der Waals surface area (Å²) in [6.45, 7) is 6.52. The third-order valence-corrected chi connectivity index (χ3v) is 7.89. The largest absolute Gasteiger partial charge is 0.379 e. The van der Waals surface area contributed by atoms with Crippen LogP contribution in [0, 0.1) is 0 Å². The lowest BCUT2D eigenvalue weighted by molar-refractivity contribution is 0.0376. The van der Waals surface area contributed by atoms with E-state index in [2.05, 4.69) is 15.1 Å². The lowest BCUT2D eigenvalue weighted by Gasteiger charge is -2.27. The first-order chi connectivity index (χ1) is 18.0. The van der Waals surface area contributed by atoms with Crippen LogP contribution in [0.4, 0.5) is 5.13 Å². The Morgan fingerprint density at radius 2 is 1.84 bits per heavy atom. The first-order valence-corrected chi connectivity index (χ1v) is 14.4. The van der Waals surface area contributed by atoms with Crippen molar-refractivity contribution in [3.63, 3.8) is 0 Å². The molecule has 4 rings (SSSR count). The van der Waals surface area contributed by atoms with E-state index in [9.17, 15) is 9.59 Å². The van der Waals surface area contributed by atoms with Crippen LogP contribution in [-0.2, 0) is 4.74 Å². The van der Waals surface area contributed by atoms with E-state index in [4.69, 9.17) is 9.72 Å². The van der Waals surface area contributed by atoms with E-state index >= 15 is 0 Å². The summed E-state index contributed by atoms with van der Waals surface area (Å²) < 4.78 is 5.44. The van der Waals surface area contributed by atoms with Crippen LogP contribution in [0.3, 0.4) is 0 Å². The summed E-state index contributed by atoms with van der Waals surface area (Å²) in [6, 6.07) is 11.2. The molecule has 3 heterocycles. The monoisotopic (exact) mass is 541 g/mol. The molecule has 0 bridgehead atoms. The molecule has 10 heteroatoms. The van der Waals surface area contributed by atoms with E-state index < -0.39 is 0 Å². The van der Waals surface area contributed by atoms with Crippen molar-refractivity contribution in [1.82, 2.24) is 20.1 Å². The molecule has 0 atom stereocenters. The van der Waals surface area contributed by atoms with Gasteiger partial charge in [-0.05, 0) is 57.1 Å². The second kappa shape index (κ2) is 13.8. The lowest BCUT2D eigenvalue weighted by Crippen LogP contribution is -2.39. The molecule has 37 heavy (non-hydrogen) atoms. The van der Waals surface area contributed by atoms with Crippen LogP contribution in [0.5, 0.6) is 0 Å². The van der Waals surface area contributed by atoms with Crippen LogP contribution >= 0.6 is 22.7 Å². The van der Waals surface area contributed by atoms with Gasteiger partial charge in [-0.25, -0.2) is 4.98 Å². The number of hydrogen-bond donors (Lipinski definition) is 1. The maximum atomic E-state index is 13.3. The first kappa shape index (κ1) is 27.4. The molecule has 0 spiro atoms. The Hall–Kier alpha value is -2.63. The predicted octanol–water partition coefficient (Wildman–Crippen LogP) is 3.92. The van der Waals surface area contributed by atoms with Gasteiger partial charge in [0.2, 0.25) is 0 Å². The molecule has 2 aromatic heterocycles. The standard InChI is InChI=1S/C27H35N5O3S2/c1-30(2)12-4-11-28-25(33)22-9-7-21(8-10-22)23-20-37-27(29-23)32(26(34)24-6-3-19-36-24)14-5-13-31-15-17-35-18-16-31/h3,6-10,19-20H,4-5,11-18H2,1-2H3,(H,28,33). The predicted molar refractivity (Wildman–Crippen MR) is 151 cm³/mol. The zero-order chi connectivity index (χ0) is 26.0. The van der Waals surface area contributed by atoms with Gasteiger partial charge in [0.1, 0.15) is 0 Å². The highest BCUT2D eigenvalue weighted by Crippen LogP contribution is 2.29. The average molecular weight is 542 g/mol. The van der Waals surface area contributed by atoms with Gasteiger partial charge in [0.15, 0.2) is 5.13 Å². The summed E-state index contributed by atoms with van der Waals surface area (Å²) in [5, 5.41) is 7.56. The molecule has 2 amide bonds. The average Bonchev–Trinajstić information content (AvgIpc) is 3.62. The minimum atomic E-state index is -0.0720. The Kier molecular flexibility index (Phi) is 10.2. The molecule has 1 aromatic carbocycles. The van der Waals surface area contributed by atoms with E-state index in [0.717, 1.165) is 63.5 Å². The number of carbonyl (C=O) groups excluding carboxylic acids is 2. The fraction of sp³-hybridized carbons (Fsp3) is 0.444. The number of amides is 2. The van der Waals surface area contributed by atoms with Crippen molar-refractivity contribution in [2.24, 2.45) is 0 Å². The van der Waals surface area contributed by atoms with E-state index in [1.54, 1.807) is 4.90 Å². The van der Waals surface area contributed by atoms with Gasteiger partial charge in [0.05, 0.1) is 23.8 Å². The smallest absolute Gasteiger partial charge is 0.270 e. The first-order valence-electron chi connectivity index (χ1n) is 12.7. The lowest BCUT2D eigenvalue weighted by atomic mass is 10.1. The molecular formula is C27H35N5O3S2. The number of anilines is 1. The van der Waals surface area contributed by atoms with Crippen LogP contribution < -0.4 is 10.2 Å². The Morgan fingerprint density at radius 1 is 1.05 bits per heavy atom. The molecule has 0 unspecified atom stereocenters.